The molecule has 3 aromatic rings. The van der Waals surface area contributed by atoms with Gasteiger partial charge in [0.05, 0.1) is 11.8 Å². The van der Waals surface area contributed by atoms with Crippen LogP contribution in [0, 0.1) is 5.82 Å². The van der Waals surface area contributed by atoms with E-state index in [1.54, 1.807) is 18.3 Å². The maximum atomic E-state index is 13.8. The molecule has 0 aliphatic carbocycles. The van der Waals surface area contributed by atoms with E-state index in [9.17, 15) is 4.39 Å². The van der Waals surface area contributed by atoms with Gasteiger partial charge < -0.3 is 15.2 Å². The lowest BCUT2D eigenvalue weighted by molar-refractivity contribution is 0.436. The van der Waals surface area contributed by atoms with Crippen molar-refractivity contribution in [1.29, 1.82) is 0 Å². The maximum Gasteiger partial charge on any atom is 0.230 e. The van der Waals surface area contributed by atoms with Gasteiger partial charge in [-0.1, -0.05) is 5.16 Å². The molecule has 3 rings (SSSR count). The first-order valence-corrected chi connectivity index (χ1v) is 4.73. The molecular weight excluding hydrogens is 209 g/mol. The molecule has 0 radical (unpaired) electrons. The van der Waals surface area contributed by atoms with Crippen molar-refractivity contribution in [3.8, 4) is 11.1 Å². The van der Waals surface area contributed by atoms with E-state index < -0.39 is 0 Å². The van der Waals surface area contributed by atoms with E-state index >= 15 is 0 Å². The number of benzene rings is 1. The number of nitrogen functional groups attached to an aromatic ring is 1. The Morgan fingerprint density at radius 1 is 1.31 bits per heavy atom. The van der Waals surface area contributed by atoms with Crippen molar-refractivity contribution in [2.45, 2.75) is 0 Å². The zero-order valence-corrected chi connectivity index (χ0v) is 8.20. The van der Waals surface area contributed by atoms with Crippen molar-refractivity contribution in [2.75, 3.05) is 5.73 Å². The van der Waals surface area contributed by atoms with Crippen LogP contribution in [0.3, 0.4) is 0 Å². The summed E-state index contributed by atoms with van der Waals surface area (Å²) in [5, 5.41) is 4.35. The molecule has 2 heterocycles. The van der Waals surface area contributed by atoms with E-state index in [0.29, 0.717) is 11.1 Å². The van der Waals surface area contributed by atoms with E-state index in [2.05, 4.69) is 10.1 Å². The summed E-state index contributed by atoms with van der Waals surface area (Å²) < 4.78 is 18.5. The number of anilines is 1. The van der Waals surface area contributed by atoms with Crippen LogP contribution in [-0.4, -0.2) is 10.1 Å². The monoisotopic (exact) mass is 217 g/mol. The molecule has 16 heavy (non-hydrogen) atoms. The average Bonchev–Trinajstić information content (AvgIpc) is 2.85. The van der Waals surface area contributed by atoms with E-state index in [1.807, 2.05) is 0 Å². The number of halogens is 1. The topological polar surface area (TPSA) is 67.8 Å². The summed E-state index contributed by atoms with van der Waals surface area (Å²) in [6.07, 6.45) is 3.16. The number of nitrogens with zero attached hydrogens (tertiary/aromatic N) is 1. The van der Waals surface area contributed by atoms with Gasteiger partial charge in [-0.25, -0.2) is 4.39 Å². The van der Waals surface area contributed by atoms with Crippen LogP contribution in [0.1, 0.15) is 0 Å². The summed E-state index contributed by atoms with van der Waals surface area (Å²) in [6, 6.07) is 4.94. The van der Waals surface area contributed by atoms with E-state index in [4.69, 9.17) is 10.3 Å². The summed E-state index contributed by atoms with van der Waals surface area (Å²) in [7, 11) is 0. The minimum Gasteiger partial charge on any atom is -0.367 e. The normalized spacial score (nSPS) is 11.1. The molecule has 5 heteroatoms. The Kier molecular flexibility index (Phi) is 1.73. The van der Waals surface area contributed by atoms with Gasteiger partial charge in [0.2, 0.25) is 5.88 Å². The minimum atomic E-state index is -0.345. The summed E-state index contributed by atoms with van der Waals surface area (Å²) in [5.41, 5.74) is 7.25. The van der Waals surface area contributed by atoms with Gasteiger partial charge in [0.1, 0.15) is 5.82 Å². The molecule has 2 aromatic heterocycles. The van der Waals surface area contributed by atoms with Crippen molar-refractivity contribution in [1.82, 2.24) is 10.1 Å². The molecule has 0 unspecified atom stereocenters. The molecule has 4 nitrogen and oxygen atoms in total. The second kappa shape index (κ2) is 3.10. The first-order chi connectivity index (χ1) is 7.75. The maximum absolute atomic E-state index is 13.8. The smallest absolute Gasteiger partial charge is 0.230 e. The van der Waals surface area contributed by atoms with Crippen LogP contribution >= 0.6 is 0 Å². The quantitative estimate of drug-likeness (QED) is 0.658. The highest BCUT2D eigenvalue weighted by atomic mass is 19.1. The number of nitrogens with two attached hydrogens (primary N) is 1. The average molecular weight is 217 g/mol. The van der Waals surface area contributed by atoms with Crippen molar-refractivity contribution >= 4 is 16.8 Å². The fourth-order valence-corrected chi connectivity index (χ4v) is 1.73. The summed E-state index contributed by atoms with van der Waals surface area (Å²) in [6.45, 7) is 0. The number of nitrogens with one attached hydrogen (secondary N) is 1. The molecular formula is C11H8FN3O. The van der Waals surface area contributed by atoms with Gasteiger partial charge in [0, 0.05) is 22.7 Å². The van der Waals surface area contributed by atoms with Crippen molar-refractivity contribution < 1.29 is 8.91 Å². The van der Waals surface area contributed by atoms with Crippen molar-refractivity contribution in [2.24, 2.45) is 0 Å². The molecule has 0 bridgehead atoms. The molecule has 0 aliphatic rings. The lowest BCUT2D eigenvalue weighted by Gasteiger charge is -2.01. The van der Waals surface area contributed by atoms with Crippen LogP contribution in [0.2, 0.25) is 0 Å². The Morgan fingerprint density at radius 3 is 2.94 bits per heavy atom. The Bertz CT molecular complexity index is 656. The highest BCUT2D eigenvalue weighted by Crippen LogP contribution is 2.30. The van der Waals surface area contributed by atoms with Gasteiger partial charge in [-0.15, -0.1) is 0 Å². The SMILES string of the molecule is Nc1oncc1-c1cc2[nH]ccc2cc1F. The summed E-state index contributed by atoms with van der Waals surface area (Å²) in [4.78, 5) is 3.01. The number of hydrogen-bond acceptors (Lipinski definition) is 3. The predicted molar refractivity (Wildman–Crippen MR) is 58.2 cm³/mol. The number of hydrogen-bond donors (Lipinski definition) is 2. The van der Waals surface area contributed by atoms with Crippen LogP contribution in [0.5, 0.6) is 0 Å². The molecule has 0 fully saturated rings. The van der Waals surface area contributed by atoms with Gasteiger partial charge in [-0.3, -0.25) is 0 Å². The Hall–Kier alpha value is -2.30. The number of H-pyrrole nitrogens is 1. The second-order valence-electron chi connectivity index (χ2n) is 3.50. The molecule has 3 N–H and O–H groups in total. The van der Waals surface area contributed by atoms with Crippen LogP contribution in [-0.2, 0) is 0 Å². The van der Waals surface area contributed by atoms with Gasteiger partial charge in [-0.2, -0.15) is 0 Å². The first-order valence-electron chi connectivity index (χ1n) is 4.73. The van der Waals surface area contributed by atoms with Crippen LogP contribution in [0.25, 0.3) is 22.0 Å². The highest BCUT2D eigenvalue weighted by molar-refractivity contribution is 5.86. The van der Waals surface area contributed by atoms with E-state index in [0.717, 1.165) is 10.9 Å². The van der Waals surface area contributed by atoms with E-state index in [-0.39, 0.29) is 11.7 Å². The zero-order chi connectivity index (χ0) is 11.1. The number of fused-ring (bicyclic) bond motifs is 1. The molecule has 0 atom stereocenters. The van der Waals surface area contributed by atoms with Crippen LogP contribution < -0.4 is 5.73 Å². The number of aromatic amines is 1. The molecule has 0 amide bonds. The highest BCUT2D eigenvalue weighted by Gasteiger charge is 2.13. The number of rotatable bonds is 1. The summed E-state index contributed by atoms with van der Waals surface area (Å²) >= 11 is 0. The third-order valence-corrected chi connectivity index (χ3v) is 2.53. The van der Waals surface area contributed by atoms with Crippen molar-refractivity contribution in [3.05, 3.63) is 36.4 Å². The van der Waals surface area contributed by atoms with E-state index in [1.165, 1.54) is 12.3 Å². The second-order valence-corrected chi connectivity index (χ2v) is 3.50. The zero-order valence-electron chi connectivity index (χ0n) is 8.20. The number of aromatic nitrogens is 2. The Balaban J connectivity index is 2.30. The van der Waals surface area contributed by atoms with Gasteiger partial charge in [-0.05, 0) is 18.2 Å². The molecule has 1 aromatic carbocycles. The summed E-state index contributed by atoms with van der Waals surface area (Å²) in [5.74, 6) is -0.230. The van der Waals surface area contributed by atoms with Crippen LogP contribution in [0.15, 0.2) is 35.1 Å². The van der Waals surface area contributed by atoms with Crippen LogP contribution in [0.4, 0.5) is 10.3 Å². The molecule has 0 saturated carbocycles. The fourth-order valence-electron chi connectivity index (χ4n) is 1.73. The third-order valence-electron chi connectivity index (χ3n) is 2.53. The Morgan fingerprint density at radius 2 is 2.19 bits per heavy atom. The largest absolute Gasteiger partial charge is 0.367 e. The third kappa shape index (κ3) is 1.18. The molecule has 0 spiro atoms. The molecule has 0 saturated heterocycles. The standard InChI is InChI=1S/C11H8FN3O/c12-9-3-6-1-2-14-10(6)4-7(9)8-5-15-16-11(8)13/h1-5,14H,13H2. The first kappa shape index (κ1) is 8.96. The van der Waals surface area contributed by atoms with Crippen molar-refractivity contribution in [3.63, 3.8) is 0 Å². The molecule has 80 valence electrons. The predicted octanol–water partition coefficient (Wildman–Crippen LogP) is 2.54. The lowest BCUT2D eigenvalue weighted by atomic mass is 10.1. The van der Waals surface area contributed by atoms with Gasteiger partial charge in [0.15, 0.2) is 0 Å². The lowest BCUT2D eigenvalue weighted by Crippen LogP contribution is -1.88. The van der Waals surface area contributed by atoms with Gasteiger partial charge in [0.25, 0.3) is 0 Å². The fraction of sp³-hybridized carbons (Fsp3) is 0. The minimum absolute atomic E-state index is 0.116. The van der Waals surface area contributed by atoms with Gasteiger partial charge >= 0.3 is 0 Å². The molecule has 0 aliphatic heterocycles. The Labute approximate surface area is 89.9 Å².